The molecule has 0 bridgehead atoms. The highest BCUT2D eigenvalue weighted by Crippen LogP contribution is 2.34. The van der Waals surface area contributed by atoms with Crippen LogP contribution in [0.25, 0.3) is 0 Å². The summed E-state index contributed by atoms with van der Waals surface area (Å²) in [5.41, 5.74) is 6.84. The van der Waals surface area contributed by atoms with Crippen LogP contribution >= 0.6 is 11.5 Å². The Hall–Kier alpha value is -1.76. The lowest BCUT2D eigenvalue weighted by molar-refractivity contribution is 0.419. The smallest absolute Gasteiger partial charge is 0.197 e. The Labute approximate surface area is 104 Å². The average Bonchev–Trinajstić information content (AvgIpc) is 2.86. The van der Waals surface area contributed by atoms with Gasteiger partial charge >= 0.3 is 0 Å². The molecule has 0 aliphatic carbocycles. The van der Waals surface area contributed by atoms with Crippen LogP contribution in [0, 0.1) is 0 Å². The summed E-state index contributed by atoms with van der Waals surface area (Å²) in [5.74, 6) is 1.06. The molecule has 2 aromatic rings. The largest absolute Gasteiger partial charge is 0.490 e. The van der Waals surface area contributed by atoms with E-state index in [-0.39, 0.29) is 0 Å². The van der Waals surface area contributed by atoms with Gasteiger partial charge in [-0.2, -0.15) is 9.47 Å². The van der Waals surface area contributed by atoms with Crippen LogP contribution in [0.4, 0.5) is 10.8 Å². The van der Waals surface area contributed by atoms with Crippen LogP contribution in [0.1, 0.15) is 5.69 Å². The van der Waals surface area contributed by atoms with Gasteiger partial charge in [0.1, 0.15) is 0 Å². The summed E-state index contributed by atoms with van der Waals surface area (Å²) >= 11 is 1.31. The molecular weight excluding hydrogens is 238 g/mol. The van der Waals surface area contributed by atoms with Gasteiger partial charge in [0.15, 0.2) is 16.6 Å². The Bertz CT molecular complexity index is 493. The van der Waals surface area contributed by atoms with Crippen LogP contribution < -0.4 is 15.8 Å². The third kappa shape index (κ3) is 2.50. The maximum absolute atomic E-state index is 5.66. The minimum Gasteiger partial charge on any atom is -0.490 e. The molecule has 0 aliphatic rings. The van der Waals surface area contributed by atoms with Crippen LogP contribution in [0.15, 0.2) is 12.3 Å². The van der Waals surface area contributed by atoms with Crippen LogP contribution in [0.5, 0.6) is 5.75 Å². The third-order valence-electron chi connectivity index (χ3n) is 2.47. The quantitative estimate of drug-likeness (QED) is 0.835. The van der Waals surface area contributed by atoms with Gasteiger partial charge in [-0.3, -0.25) is 4.68 Å². The van der Waals surface area contributed by atoms with E-state index in [2.05, 4.69) is 14.8 Å². The molecular formula is C10H15N5OS. The fourth-order valence-corrected chi connectivity index (χ4v) is 2.26. The molecule has 3 N–H and O–H groups in total. The van der Waals surface area contributed by atoms with Crippen molar-refractivity contribution in [2.45, 2.75) is 6.42 Å². The number of aromatic nitrogens is 3. The van der Waals surface area contributed by atoms with Gasteiger partial charge in [0.25, 0.3) is 0 Å². The lowest BCUT2D eigenvalue weighted by Gasteiger charge is -2.06. The van der Waals surface area contributed by atoms with Crippen molar-refractivity contribution in [3.63, 3.8) is 0 Å². The molecule has 0 spiro atoms. The summed E-state index contributed by atoms with van der Waals surface area (Å²) < 4.78 is 11.1. The highest BCUT2D eigenvalue weighted by Gasteiger charge is 2.11. The molecule has 0 fully saturated rings. The van der Waals surface area contributed by atoms with Crippen molar-refractivity contribution in [1.29, 1.82) is 0 Å². The van der Waals surface area contributed by atoms with E-state index >= 15 is 0 Å². The van der Waals surface area contributed by atoms with E-state index in [4.69, 9.17) is 10.5 Å². The van der Waals surface area contributed by atoms with Gasteiger partial charge < -0.3 is 15.8 Å². The first-order chi connectivity index (χ1) is 8.22. The molecule has 92 valence electrons. The monoisotopic (exact) mass is 253 g/mol. The van der Waals surface area contributed by atoms with Gasteiger partial charge in [-0.05, 0) is 17.6 Å². The maximum Gasteiger partial charge on any atom is 0.197 e. The molecule has 0 saturated carbocycles. The maximum atomic E-state index is 5.66. The third-order valence-corrected chi connectivity index (χ3v) is 3.27. The van der Waals surface area contributed by atoms with Gasteiger partial charge in [-0.15, -0.1) is 0 Å². The summed E-state index contributed by atoms with van der Waals surface area (Å²) in [6, 6.07) is 2.00. The Balaban J connectivity index is 1.92. The minimum absolute atomic E-state index is 0.431. The summed E-state index contributed by atoms with van der Waals surface area (Å²) in [5, 5.41) is 8.24. The number of methoxy groups -OCH3 is 1. The predicted octanol–water partition coefficient (Wildman–Crippen LogP) is 1.12. The van der Waals surface area contributed by atoms with E-state index < -0.39 is 0 Å². The normalized spacial score (nSPS) is 10.5. The van der Waals surface area contributed by atoms with Crippen molar-refractivity contribution in [3.8, 4) is 5.75 Å². The lowest BCUT2D eigenvalue weighted by atomic mass is 10.3. The van der Waals surface area contributed by atoms with Crippen LogP contribution in [-0.4, -0.2) is 27.8 Å². The zero-order valence-corrected chi connectivity index (χ0v) is 10.6. The number of nitrogens with one attached hydrogen (secondary N) is 1. The Kier molecular flexibility index (Phi) is 3.48. The molecule has 0 radical (unpaired) electrons. The molecule has 2 rings (SSSR count). The van der Waals surface area contributed by atoms with Crippen LogP contribution in [0.3, 0.4) is 0 Å². The fourth-order valence-electron chi connectivity index (χ4n) is 1.55. The van der Waals surface area contributed by atoms with Crippen molar-refractivity contribution in [1.82, 2.24) is 14.2 Å². The second-order valence-corrected chi connectivity index (χ2v) is 4.33. The molecule has 0 atom stereocenters. The molecule has 0 amide bonds. The molecule has 0 saturated heterocycles. The number of rotatable bonds is 5. The SMILES string of the molecule is COc1c(N)nsc1NCCc1ccnn1C. The fraction of sp³-hybridized carbons (Fsp3) is 0.400. The van der Waals surface area contributed by atoms with Gasteiger partial charge in [-0.1, -0.05) is 0 Å². The van der Waals surface area contributed by atoms with Crippen LogP contribution in [0.2, 0.25) is 0 Å². The van der Waals surface area contributed by atoms with Gasteiger partial charge in [-0.25, -0.2) is 0 Å². The number of anilines is 2. The van der Waals surface area contributed by atoms with Crippen molar-refractivity contribution < 1.29 is 4.74 Å². The number of hydrogen-bond acceptors (Lipinski definition) is 6. The minimum atomic E-state index is 0.431. The standard InChI is InChI=1S/C10H15N5OS/c1-15-7(4-6-13-15)3-5-12-10-8(16-2)9(11)14-17-10/h4,6,12H,3,5H2,1-2H3,(H2,11,14). The van der Waals surface area contributed by atoms with Crippen molar-refractivity contribution in [3.05, 3.63) is 18.0 Å². The molecule has 0 unspecified atom stereocenters. The number of nitrogens with zero attached hydrogens (tertiary/aromatic N) is 3. The Morgan fingerprint density at radius 2 is 2.41 bits per heavy atom. The first-order valence-corrected chi connectivity index (χ1v) is 5.99. The number of nitrogen functional groups attached to an aromatic ring is 1. The van der Waals surface area contributed by atoms with Crippen molar-refractivity contribution in [2.75, 3.05) is 24.7 Å². The van der Waals surface area contributed by atoms with Gasteiger partial charge in [0, 0.05) is 31.9 Å². The van der Waals surface area contributed by atoms with Crippen molar-refractivity contribution >= 4 is 22.4 Å². The molecule has 0 aliphatic heterocycles. The highest BCUT2D eigenvalue weighted by molar-refractivity contribution is 7.11. The van der Waals surface area contributed by atoms with E-state index in [0.29, 0.717) is 11.6 Å². The van der Waals surface area contributed by atoms with E-state index in [0.717, 1.165) is 18.0 Å². The Morgan fingerprint density at radius 1 is 1.59 bits per heavy atom. The molecule has 6 nitrogen and oxygen atoms in total. The van der Waals surface area contributed by atoms with Crippen molar-refractivity contribution in [2.24, 2.45) is 7.05 Å². The summed E-state index contributed by atoms with van der Waals surface area (Å²) in [7, 11) is 3.52. The molecule has 2 aromatic heterocycles. The molecule has 0 aromatic carbocycles. The van der Waals surface area contributed by atoms with Gasteiger partial charge in [0.05, 0.1) is 7.11 Å². The zero-order valence-electron chi connectivity index (χ0n) is 9.80. The van der Waals surface area contributed by atoms with Crippen LogP contribution in [-0.2, 0) is 13.5 Å². The lowest BCUT2D eigenvalue weighted by Crippen LogP contribution is -2.08. The first kappa shape index (κ1) is 11.7. The van der Waals surface area contributed by atoms with E-state index in [9.17, 15) is 0 Å². The second-order valence-electron chi connectivity index (χ2n) is 3.55. The van der Waals surface area contributed by atoms with E-state index in [1.54, 1.807) is 13.3 Å². The second kappa shape index (κ2) is 5.05. The van der Waals surface area contributed by atoms with E-state index in [1.165, 1.54) is 17.2 Å². The zero-order chi connectivity index (χ0) is 12.3. The molecule has 2 heterocycles. The topological polar surface area (TPSA) is 78.0 Å². The van der Waals surface area contributed by atoms with E-state index in [1.807, 2.05) is 17.8 Å². The summed E-state index contributed by atoms with van der Waals surface area (Å²) in [6.45, 7) is 0.789. The number of aryl methyl sites for hydroxylation is 1. The van der Waals surface area contributed by atoms with Gasteiger partial charge in [0.2, 0.25) is 0 Å². The highest BCUT2D eigenvalue weighted by atomic mass is 32.1. The predicted molar refractivity (Wildman–Crippen MR) is 68.5 cm³/mol. The number of ether oxygens (including phenoxy) is 1. The Morgan fingerprint density at radius 3 is 3.06 bits per heavy atom. The molecule has 17 heavy (non-hydrogen) atoms. The number of nitrogens with two attached hydrogens (primary N) is 1. The summed E-state index contributed by atoms with van der Waals surface area (Å²) in [4.78, 5) is 0. The summed E-state index contributed by atoms with van der Waals surface area (Å²) in [6.07, 6.45) is 2.68. The first-order valence-electron chi connectivity index (χ1n) is 5.22. The average molecular weight is 253 g/mol. The number of hydrogen-bond donors (Lipinski definition) is 2. The molecule has 7 heteroatoms.